The number of nitrogens with one attached hydrogen (secondary N) is 1. The fraction of sp³-hybridized carbons (Fsp3) is 0.182. The highest BCUT2D eigenvalue weighted by Gasteiger charge is 2.21. The zero-order valence-corrected chi connectivity index (χ0v) is 15.2. The van der Waals surface area contributed by atoms with Gasteiger partial charge in [0.05, 0.1) is 5.56 Å². The van der Waals surface area contributed by atoms with Crippen LogP contribution >= 0.6 is 0 Å². The molecular weight excluding hydrogens is 354 g/mol. The number of fused-ring (bicyclic) bond motifs is 2. The van der Waals surface area contributed by atoms with Crippen molar-refractivity contribution in [3.05, 3.63) is 71.9 Å². The topological polar surface area (TPSA) is 63.7 Å². The number of rotatable bonds is 3. The van der Waals surface area contributed by atoms with Gasteiger partial charge in [-0.1, -0.05) is 18.2 Å². The maximum atomic E-state index is 12.6. The number of benzene rings is 2. The second-order valence-corrected chi connectivity index (χ2v) is 6.75. The van der Waals surface area contributed by atoms with Gasteiger partial charge in [0.1, 0.15) is 19.0 Å². The SMILES string of the molecule is O=C(Nc1ccc2c(c1)OCCO2)c1ccc(N2CCc3ccccc32)nc1. The fourth-order valence-corrected chi connectivity index (χ4v) is 3.58. The lowest BCUT2D eigenvalue weighted by atomic mass is 10.2. The summed E-state index contributed by atoms with van der Waals surface area (Å²) in [6, 6.07) is 17.4. The normalized spacial score (nSPS) is 14.5. The Bertz CT molecular complexity index is 1030. The molecule has 1 amide bonds. The average molecular weight is 373 g/mol. The summed E-state index contributed by atoms with van der Waals surface area (Å²) in [4.78, 5) is 19.3. The molecule has 0 saturated carbocycles. The minimum atomic E-state index is -0.211. The quantitative estimate of drug-likeness (QED) is 0.757. The first-order valence-corrected chi connectivity index (χ1v) is 9.30. The number of carbonyl (C=O) groups is 1. The van der Waals surface area contributed by atoms with Crippen LogP contribution in [0.2, 0.25) is 0 Å². The van der Waals surface area contributed by atoms with Crippen molar-refractivity contribution < 1.29 is 14.3 Å². The van der Waals surface area contributed by atoms with E-state index >= 15 is 0 Å². The summed E-state index contributed by atoms with van der Waals surface area (Å²) in [5, 5.41) is 2.88. The molecule has 0 fully saturated rings. The average Bonchev–Trinajstić information content (AvgIpc) is 3.18. The van der Waals surface area contributed by atoms with Gasteiger partial charge in [-0.05, 0) is 42.3 Å². The number of anilines is 3. The number of nitrogens with zero attached hydrogens (tertiary/aromatic N) is 2. The summed E-state index contributed by atoms with van der Waals surface area (Å²) in [6.07, 6.45) is 2.62. The van der Waals surface area contributed by atoms with Gasteiger partial charge in [-0.2, -0.15) is 0 Å². The molecule has 2 aromatic carbocycles. The van der Waals surface area contributed by atoms with E-state index in [0.717, 1.165) is 18.8 Å². The van der Waals surface area contributed by atoms with Crippen LogP contribution in [-0.2, 0) is 6.42 Å². The van der Waals surface area contributed by atoms with E-state index in [1.54, 1.807) is 30.5 Å². The maximum Gasteiger partial charge on any atom is 0.257 e. The van der Waals surface area contributed by atoms with Crippen LogP contribution in [-0.4, -0.2) is 30.6 Å². The van der Waals surface area contributed by atoms with Gasteiger partial charge in [0, 0.05) is 30.2 Å². The number of aromatic nitrogens is 1. The van der Waals surface area contributed by atoms with Crippen LogP contribution in [0.1, 0.15) is 15.9 Å². The van der Waals surface area contributed by atoms with Crippen LogP contribution in [0.15, 0.2) is 60.8 Å². The molecular formula is C22H19N3O3. The van der Waals surface area contributed by atoms with Gasteiger partial charge >= 0.3 is 0 Å². The van der Waals surface area contributed by atoms with Crippen molar-refractivity contribution >= 4 is 23.1 Å². The number of para-hydroxylation sites is 1. The molecule has 140 valence electrons. The maximum absolute atomic E-state index is 12.6. The smallest absolute Gasteiger partial charge is 0.257 e. The van der Waals surface area contributed by atoms with Gasteiger partial charge in [0.25, 0.3) is 5.91 Å². The van der Waals surface area contributed by atoms with Crippen molar-refractivity contribution in [2.75, 3.05) is 30.0 Å². The standard InChI is InChI=1S/C22H19N3O3/c26-22(24-17-6-7-19-20(13-17)28-12-11-27-19)16-5-8-21(23-14-16)25-10-9-15-3-1-2-4-18(15)25/h1-8,13-14H,9-12H2,(H,24,26). The van der Waals surface area contributed by atoms with Gasteiger partial charge < -0.3 is 19.7 Å². The molecule has 1 aromatic heterocycles. The molecule has 0 aliphatic carbocycles. The second kappa shape index (κ2) is 6.88. The highest BCUT2D eigenvalue weighted by atomic mass is 16.6. The molecule has 28 heavy (non-hydrogen) atoms. The Morgan fingerprint density at radius 3 is 2.71 bits per heavy atom. The Morgan fingerprint density at radius 1 is 1.00 bits per heavy atom. The Kier molecular flexibility index (Phi) is 4.09. The number of pyridine rings is 1. The molecule has 0 saturated heterocycles. The van der Waals surface area contributed by atoms with Crippen LogP contribution in [0.3, 0.4) is 0 Å². The van der Waals surface area contributed by atoms with E-state index in [1.165, 1.54) is 11.3 Å². The molecule has 3 heterocycles. The van der Waals surface area contributed by atoms with Gasteiger partial charge in [-0.3, -0.25) is 4.79 Å². The van der Waals surface area contributed by atoms with E-state index in [9.17, 15) is 4.79 Å². The monoisotopic (exact) mass is 373 g/mol. The summed E-state index contributed by atoms with van der Waals surface area (Å²) >= 11 is 0. The van der Waals surface area contributed by atoms with E-state index < -0.39 is 0 Å². The summed E-state index contributed by atoms with van der Waals surface area (Å²) < 4.78 is 11.1. The van der Waals surface area contributed by atoms with Gasteiger partial charge in [-0.25, -0.2) is 4.98 Å². The summed E-state index contributed by atoms with van der Waals surface area (Å²) in [7, 11) is 0. The zero-order valence-electron chi connectivity index (χ0n) is 15.2. The first kappa shape index (κ1) is 16.6. The Labute approximate surface area is 162 Å². The van der Waals surface area contributed by atoms with Crippen molar-refractivity contribution in [1.29, 1.82) is 0 Å². The third-order valence-corrected chi connectivity index (χ3v) is 4.97. The molecule has 6 nitrogen and oxygen atoms in total. The minimum Gasteiger partial charge on any atom is -0.486 e. The van der Waals surface area contributed by atoms with Crippen molar-refractivity contribution in [3.63, 3.8) is 0 Å². The lowest BCUT2D eigenvalue weighted by molar-refractivity contribution is 0.102. The first-order valence-electron chi connectivity index (χ1n) is 9.30. The molecule has 0 bridgehead atoms. The molecule has 5 rings (SSSR count). The molecule has 1 N–H and O–H groups in total. The number of hydrogen-bond donors (Lipinski definition) is 1. The molecule has 6 heteroatoms. The fourth-order valence-electron chi connectivity index (χ4n) is 3.58. The second-order valence-electron chi connectivity index (χ2n) is 6.75. The van der Waals surface area contributed by atoms with Gasteiger partial charge in [0.2, 0.25) is 0 Å². The number of ether oxygens (including phenoxy) is 2. The van der Waals surface area contributed by atoms with Crippen LogP contribution in [0, 0.1) is 0 Å². The Morgan fingerprint density at radius 2 is 1.86 bits per heavy atom. The minimum absolute atomic E-state index is 0.211. The molecule has 2 aliphatic heterocycles. The number of carbonyl (C=O) groups excluding carboxylic acids is 1. The van der Waals surface area contributed by atoms with E-state index in [0.29, 0.717) is 36.0 Å². The van der Waals surface area contributed by atoms with Gasteiger partial charge in [0.15, 0.2) is 11.5 Å². The van der Waals surface area contributed by atoms with Crippen molar-refractivity contribution in [3.8, 4) is 11.5 Å². The third-order valence-electron chi connectivity index (χ3n) is 4.97. The molecule has 3 aromatic rings. The van der Waals surface area contributed by atoms with Crippen molar-refractivity contribution in [2.45, 2.75) is 6.42 Å². The molecule has 2 aliphatic rings. The van der Waals surface area contributed by atoms with E-state index in [2.05, 4.69) is 33.4 Å². The summed E-state index contributed by atoms with van der Waals surface area (Å²) in [6.45, 7) is 1.95. The highest BCUT2D eigenvalue weighted by Crippen LogP contribution is 2.34. The summed E-state index contributed by atoms with van der Waals surface area (Å²) in [5.74, 6) is 1.98. The first-order chi connectivity index (χ1) is 13.8. The van der Waals surface area contributed by atoms with Crippen LogP contribution < -0.4 is 19.7 Å². The molecule has 0 unspecified atom stereocenters. The number of amides is 1. The van der Waals surface area contributed by atoms with E-state index in [-0.39, 0.29) is 5.91 Å². The lowest BCUT2D eigenvalue weighted by Crippen LogP contribution is -2.17. The van der Waals surface area contributed by atoms with E-state index in [4.69, 9.17) is 9.47 Å². The molecule has 0 spiro atoms. The zero-order chi connectivity index (χ0) is 18.9. The number of hydrogen-bond acceptors (Lipinski definition) is 5. The van der Waals surface area contributed by atoms with Gasteiger partial charge in [-0.15, -0.1) is 0 Å². The largest absolute Gasteiger partial charge is 0.486 e. The van der Waals surface area contributed by atoms with Crippen LogP contribution in [0.25, 0.3) is 0 Å². The highest BCUT2D eigenvalue weighted by molar-refractivity contribution is 6.04. The Hall–Kier alpha value is -3.54. The third kappa shape index (κ3) is 3.03. The Balaban J connectivity index is 1.31. The van der Waals surface area contributed by atoms with E-state index in [1.807, 2.05) is 12.1 Å². The lowest BCUT2D eigenvalue weighted by Gasteiger charge is -2.19. The molecule has 0 radical (unpaired) electrons. The van der Waals surface area contributed by atoms with Crippen LogP contribution in [0.4, 0.5) is 17.2 Å². The van der Waals surface area contributed by atoms with Crippen molar-refractivity contribution in [1.82, 2.24) is 4.98 Å². The van der Waals surface area contributed by atoms with Crippen LogP contribution in [0.5, 0.6) is 11.5 Å². The predicted molar refractivity (Wildman–Crippen MR) is 107 cm³/mol. The predicted octanol–water partition coefficient (Wildman–Crippen LogP) is 3.80. The van der Waals surface area contributed by atoms with Crippen molar-refractivity contribution in [2.24, 2.45) is 0 Å². The summed E-state index contributed by atoms with van der Waals surface area (Å²) in [5.41, 5.74) is 3.67. The molecule has 0 atom stereocenters.